The van der Waals surface area contributed by atoms with Gasteiger partial charge in [0.2, 0.25) is 0 Å². The van der Waals surface area contributed by atoms with E-state index in [-0.39, 0.29) is 0 Å². The zero-order chi connectivity index (χ0) is 12.5. The summed E-state index contributed by atoms with van der Waals surface area (Å²) in [5.41, 5.74) is 4.63. The molecule has 92 valence electrons. The minimum absolute atomic E-state index is 0.501. The number of nitrogens with zero attached hydrogens (tertiary/aromatic N) is 2. The monoisotopic (exact) mass is 239 g/mol. The zero-order valence-electron chi connectivity index (χ0n) is 10.7. The SMILES string of the molecule is CC(C)NCc1ccc2ncc3cccn3c2c1. The van der Waals surface area contributed by atoms with Crippen LogP contribution in [0.3, 0.4) is 0 Å². The number of aromatic nitrogens is 2. The van der Waals surface area contributed by atoms with Crippen LogP contribution in [-0.2, 0) is 6.54 Å². The molecule has 0 radical (unpaired) electrons. The van der Waals surface area contributed by atoms with Crippen LogP contribution >= 0.6 is 0 Å². The van der Waals surface area contributed by atoms with Crippen LogP contribution in [0.2, 0.25) is 0 Å². The second-order valence-corrected chi connectivity index (χ2v) is 4.92. The molecule has 3 heteroatoms. The Hall–Kier alpha value is -1.87. The number of rotatable bonds is 3. The maximum atomic E-state index is 4.48. The van der Waals surface area contributed by atoms with Crippen molar-refractivity contribution in [1.29, 1.82) is 0 Å². The van der Waals surface area contributed by atoms with Crippen molar-refractivity contribution in [1.82, 2.24) is 14.7 Å². The number of nitrogens with one attached hydrogen (secondary N) is 1. The summed E-state index contributed by atoms with van der Waals surface area (Å²) in [6.07, 6.45) is 3.99. The number of hydrogen-bond acceptors (Lipinski definition) is 2. The van der Waals surface area contributed by atoms with Crippen molar-refractivity contribution < 1.29 is 0 Å². The van der Waals surface area contributed by atoms with Crippen molar-refractivity contribution in [3.63, 3.8) is 0 Å². The van der Waals surface area contributed by atoms with Crippen LogP contribution in [0.25, 0.3) is 16.6 Å². The molecule has 0 amide bonds. The summed E-state index contributed by atoms with van der Waals surface area (Å²) in [5.74, 6) is 0. The van der Waals surface area contributed by atoms with E-state index in [1.54, 1.807) is 0 Å². The molecule has 2 aromatic heterocycles. The highest BCUT2D eigenvalue weighted by Crippen LogP contribution is 2.17. The Morgan fingerprint density at radius 2 is 2.17 bits per heavy atom. The lowest BCUT2D eigenvalue weighted by atomic mass is 10.2. The lowest BCUT2D eigenvalue weighted by Crippen LogP contribution is -2.21. The number of hydrogen-bond donors (Lipinski definition) is 1. The van der Waals surface area contributed by atoms with E-state index in [0.717, 1.165) is 17.6 Å². The Morgan fingerprint density at radius 1 is 1.28 bits per heavy atom. The van der Waals surface area contributed by atoms with Gasteiger partial charge in [-0.15, -0.1) is 0 Å². The van der Waals surface area contributed by atoms with Crippen LogP contribution in [0.1, 0.15) is 19.4 Å². The molecule has 0 unspecified atom stereocenters. The number of benzene rings is 1. The van der Waals surface area contributed by atoms with Gasteiger partial charge in [0.05, 0.1) is 22.7 Å². The van der Waals surface area contributed by atoms with E-state index in [9.17, 15) is 0 Å². The predicted molar refractivity (Wildman–Crippen MR) is 74.7 cm³/mol. The van der Waals surface area contributed by atoms with E-state index >= 15 is 0 Å². The molecule has 18 heavy (non-hydrogen) atoms. The highest BCUT2D eigenvalue weighted by atomic mass is 14.9. The maximum Gasteiger partial charge on any atom is 0.0871 e. The summed E-state index contributed by atoms with van der Waals surface area (Å²) in [7, 11) is 0. The van der Waals surface area contributed by atoms with Gasteiger partial charge in [0.25, 0.3) is 0 Å². The van der Waals surface area contributed by atoms with Crippen molar-refractivity contribution in [2.45, 2.75) is 26.4 Å². The first-order valence-electron chi connectivity index (χ1n) is 6.32. The van der Waals surface area contributed by atoms with Crippen molar-refractivity contribution in [3.05, 3.63) is 48.3 Å². The molecule has 0 saturated heterocycles. The van der Waals surface area contributed by atoms with Crippen LogP contribution in [0.4, 0.5) is 0 Å². The van der Waals surface area contributed by atoms with Gasteiger partial charge >= 0.3 is 0 Å². The molecule has 3 aromatic rings. The third-order valence-electron chi connectivity index (χ3n) is 3.13. The third kappa shape index (κ3) is 1.97. The highest BCUT2D eigenvalue weighted by molar-refractivity contribution is 5.78. The molecule has 1 aromatic carbocycles. The van der Waals surface area contributed by atoms with Crippen molar-refractivity contribution in [2.24, 2.45) is 0 Å². The van der Waals surface area contributed by atoms with Crippen LogP contribution in [0, 0.1) is 0 Å². The Balaban J connectivity index is 2.08. The highest BCUT2D eigenvalue weighted by Gasteiger charge is 2.02. The summed E-state index contributed by atoms with van der Waals surface area (Å²) in [6.45, 7) is 5.21. The maximum absolute atomic E-state index is 4.48. The molecular weight excluding hydrogens is 222 g/mol. The van der Waals surface area contributed by atoms with Crippen molar-refractivity contribution >= 4 is 16.6 Å². The van der Waals surface area contributed by atoms with E-state index in [1.165, 1.54) is 11.1 Å². The first-order valence-corrected chi connectivity index (χ1v) is 6.32. The summed E-state index contributed by atoms with van der Waals surface area (Å²) >= 11 is 0. The first-order chi connectivity index (χ1) is 8.74. The van der Waals surface area contributed by atoms with Gasteiger partial charge in [-0.25, -0.2) is 0 Å². The Bertz CT molecular complexity index is 682. The van der Waals surface area contributed by atoms with Crippen molar-refractivity contribution in [2.75, 3.05) is 0 Å². The predicted octanol–water partition coefficient (Wildman–Crippen LogP) is 2.99. The standard InChI is InChI=1S/C15H17N3/c1-11(2)16-9-12-5-6-14-15(8-12)18-7-3-4-13(18)10-17-14/h3-8,10-11,16H,9H2,1-2H3. The van der Waals surface area contributed by atoms with Crippen LogP contribution < -0.4 is 5.32 Å². The lowest BCUT2D eigenvalue weighted by molar-refractivity contribution is 0.589. The minimum Gasteiger partial charge on any atom is -0.314 e. The van der Waals surface area contributed by atoms with E-state index in [0.29, 0.717) is 6.04 Å². The molecule has 0 spiro atoms. The van der Waals surface area contributed by atoms with Gasteiger partial charge in [-0.1, -0.05) is 19.9 Å². The van der Waals surface area contributed by atoms with Gasteiger partial charge in [0, 0.05) is 18.8 Å². The van der Waals surface area contributed by atoms with E-state index in [2.05, 4.69) is 65.1 Å². The molecule has 0 aliphatic heterocycles. The van der Waals surface area contributed by atoms with Crippen molar-refractivity contribution in [3.8, 4) is 0 Å². The van der Waals surface area contributed by atoms with E-state index in [1.807, 2.05) is 6.20 Å². The molecule has 0 fully saturated rings. The molecule has 0 bridgehead atoms. The second kappa shape index (κ2) is 4.42. The van der Waals surface area contributed by atoms with Gasteiger partial charge < -0.3 is 9.72 Å². The fourth-order valence-electron chi connectivity index (χ4n) is 2.16. The number of fused-ring (bicyclic) bond motifs is 3. The fourth-order valence-corrected chi connectivity index (χ4v) is 2.16. The molecule has 1 N–H and O–H groups in total. The molecule has 3 nitrogen and oxygen atoms in total. The molecule has 0 aliphatic rings. The topological polar surface area (TPSA) is 29.3 Å². The van der Waals surface area contributed by atoms with Crippen LogP contribution in [0.15, 0.2) is 42.7 Å². The zero-order valence-corrected chi connectivity index (χ0v) is 10.7. The molecule has 0 atom stereocenters. The summed E-state index contributed by atoms with van der Waals surface area (Å²) in [4.78, 5) is 4.48. The molecule has 3 rings (SSSR count). The molecular formula is C15H17N3. The van der Waals surface area contributed by atoms with Gasteiger partial charge in [0.15, 0.2) is 0 Å². The fraction of sp³-hybridized carbons (Fsp3) is 0.267. The first kappa shape index (κ1) is 11.2. The largest absolute Gasteiger partial charge is 0.314 e. The molecule has 0 aliphatic carbocycles. The van der Waals surface area contributed by atoms with Crippen LogP contribution in [-0.4, -0.2) is 15.4 Å². The van der Waals surface area contributed by atoms with Gasteiger partial charge in [0.1, 0.15) is 0 Å². The van der Waals surface area contributed by atoms with Crippen LogP contribution in [0.5, 0.6) is 0 Å². The Kier molecular flexibility index (Phi) is 2.76. The van der Waals surface area contributed by atoms with E-state index < -0.39 is 0 Å². The van der Waals surface area contributed by atoms with E-state index in [4.69, 9.17) is 0 Å². The lowest BCUT2D eigenvalue weighted by Gasteiger charge is -2.09. The molecule has 2 heterocycles. The quantitative estimate of drug-likeness (QED) is 0.761. The van der Waals surface area contributed by atoms with Gasteiger partial charge in [-0.3, -0.25) is 4.98 Å². The average molecular weight is 239 g/mol. The normalized spacial score (nSPS) is 11.7. The Labute approximate surface area is 106 Å². The average Bonchev–Trinajstić information content (AvgIpc) is 2.84. The van der Waals surface area contributed by atoms with Gasteiger partial charge in [-0.05, 0) is 29.8 Å². The second-order valence-electron chi connectivity index (χ2n) is 4.92. The summed E-state index contributed by atoms with van der Waals surface area (Å²) < 4.78 is 2.18. The third-order valence-corrected chi connectivity index (χ3v) is 3.13. The molecule has 0 saturated carbocycles. The summed E-state index contributed by atoms with van der Waals surface area (Å²) in [5, 5.41) is 3.44. The summed E-state index contributed by atoms with van der Waals surface area (Å²) in [6, 6.07) is 11.1. The smallest absolute Gasteiger partial charge is 0.0871 e. The Morgan fingerprint density at radius 3 is 3.00 bits per heavy atom. The minimum atomic E-state index is 0.501. The van der Waals surface area contributed by atoms with Gasteiger partial charge in [-0.2, -0.15) is 0 Å².